The number of Topliss-reactive ketones (excluding diaryl/α,β-unsaturated/α-hetero) is 12. The lowest BCUT2D eigenvalue weighted by Gasteiger charge is -2.19. The molecule has 0 amide bonds. The largest absolute Gasteiger partial charge is 0.347 e. The van der Waals surface area contributed by atoms with E-state index >= 15 is 0 Å². The Hall–Kier alpha value is -14.1. The predicted octanol–water partition coefficient (Wildman–Crippen LogP) is 22.6. The van der Waals surface area contributed by atoms with Crippen LogP contribution in [0.1, 0.15) is 218 Å². The van der Waals surface area contributed by atoms with Gasteiger partial charge < -0.3 is 18.3 Å². The molecule has 0 saturated carbocycles. The van der Waals surface area contributed by atoms with Gasteiger partial charge in [0.25, 0.3) is 0 Å². The third-order valence-corrected chi connectivity index (χ3v) is 28.1. The van der Waals surface area contributed by atoms with Crippen LogP contribution in [0.15, 0.2) is 297 Å². The molecule has 0 unspecified atom stereocenters. The zero-order valence-corrected chi connectivity index (χ0v) is 82.0. The van der Waals surface area contributed by atoms with Crippen LogP contribution in [0.3, 0.4) is 0 Å². The highest BCUT2D eigenvalue weighted by molar-refractivity contribution is 6.29. The van der Waals surface area contributed by atoms with Crippen molar-refractivity contribution in [3.63, 3.8) is 0 Å². The van der Waals surface area contributed by atoms with Crippen LogP contribution >= 0.6 is 0 Å². The van der Waals surface area contributed by atoms with E-state index in [1.807, 2.05) is 107 Å². The first kappa shape index (κ1) is 99.9. The summed E-state index contributed by atoms with van der Waals surface area (Å²) in [5, 5.41) is 6.58. The number of nitrogens with zero attached hydrogens (tertiary/aromatic N) is 9. The summed E-state index contributed by atoms with van der Waals surface area (Å²) in [6.07, 6.45) is 16.3. The molecule has 1 aliphatic heterocycles. The number of ketones is 12. The van der Waals surface area contributed by atoms with Crippen molar-refractivity contribution in [1.29, 1.82) is 0 Å². The quantitative estimate of drug-likeness (QED) is 0.0570. The van der Waals surface area contributed by atoms with Crippen molar-refractivity contribution in [3.8, 4) is 0 Å². The predicted molar refractivity (Wildman–Crippen MR) is 534 cm³/mol. The molecule has 0 spiro atoms. The lowest BCUT2D eigenvalue weighted by molar-refractivity contribution is -0.116. The molecule has 10 aromatic rings. The molecule has 6 aliphatic carbocycles. The highest BCUT2D eigenvalue weighted by atomic mass is 16.2. The van der Waals surface area contributed by atoms with Crippen LogP contribution in [-0.4, -0.2) is 113 Å². The average Bonchev–Trinajstić information content (AvgIpc) is 1.59. The van der Waals surface area contributed by atoms with E-state index < -0.39 is 0 Å². The minimum absolute atomic E-state index is 0.000907. The number of para-hydroxylation sites is 6. The normalized spacial score (nSPS) is 16.3. The molecule has 0 radical (unpaired) electrons. The molecule has 696 valence electrons. The molecule has 135 heavy (non-hydrogen) atoms. The fourth-order valence-electron chi connectivity index (χ4n) is 18.6. The molecular weight excluding hydrogens is 1690 g/mol. The van der Waals surface area contributed by atoms with Crippen molar-refractivity contribution in [1.82, 2.24) is 38.0 Å². The Balaban J connectivity index is 0.000000146. The molecule has 21 heteroatoms. The fourth-order valence-corrected chi connectivity index (χ4v) is 18.6. The maximum Gasteiger partial charge on any atom is 0.185 e. The van der Waals surface area contributed by atoms with E-state index in [0.717, 1.165) is 91.7 Å². The van der Waals surface area contributed by atoms with E-state index in [0.29, 0.717) is 185 Å². The zero-order chi connectivity index (χ0) is 98.0. The number of aromatic nitrogens is 8. The Morgan fingerprint density at radius 1 is 0.289 bits per heavy atom. The molecule has 0 N–H and O–H groups in total. The van der Waals surface area contributed by atoms with Gasteiger partial charge >= 0.3 is 0 Å². The molecule has 7 aliphatic rings. The van der Waals surface area contributed by atoms with Crippen LogP contribution in [0.25, 0.3) is 43.9 Å². The van der Waals surface area contributed by atoms with Gasteiger partial charge in [-0.15, -0.1) is 0 Å². The van der Waals surface area contributed by atoms with Crippen LogP contribution in [0.5, 0.6) is 0 Å². The third kappa shape index (κ3) is 21.4. The Bertz CT molecular complexity index is 7100. The Kier molecular flexibility index (Phi) is 32.0. The van der Waals surface area contributed by atoms with E-state index in [2.05, 4.69) is 97.3 Å². The molecule has 5 aromatic carbocycles. The van der Waals surface area contributed by atoms with Crippen LogP contribution in [0.2, 0.25) is 0 Å². The molecule has 0 atom stereocenters. The molecule has 17 rings (SSSR count). The summed E-state index contributed by atoms with van der Waals surface area (Å²) in [7, 11) is 0. The number of allylic oxidation sites excluding steroid dienone is 24. The second kappa shape index (κ2) is 43.3. The van der Waals surface area contributed by atoms with E-state index in [1.54, 1.807) is 137 Å². The number of carbonyl (C=O) groups is 12. The summed E-state index contributed by atoms with van der Waals surface area (Å²) in [6.45, 7) is 41.3. The van der Waals surface area contributed by atoms with Crippen LogP contribution in [-0.2, 0) is 96.7 Å². The van der Waals surface area contributed by atoms with Gasteiger partial charge in [-0.2, -0.15) is 5.10 Å². The smallest absolute Gasteiger partial charge is 0.185 e. The van der Waals surface area contributed by atoms with E-state index in [-0.39, 0.29) is 69.4 Å². The topological polar surface area (TPSA) is 281 Å². The maximum absolute atomic E-state index is 12.5. The highest BCUT2D eigenvalue weighted by Gasteiger charge is 2.34. The number of fused-ring (bicyclic) bond motifs is 5. The monoisotopic (exact) mass is 1810 g/mol. The first-order valence-corrected chi connectivity index (χ1v) is 46.6. The standard InChI is InChI=1S/2C21H23NO2.C20H21NO2.C19H20N2O2.C18H18N2O2.C15H18N2O2/c1-12-7-5-10-19-18(12)11-16(22-19)8-6-9-17-15(4)20(23)13(2)14(3)21(17)24;1-13-12-17-8-5-6-10-19(17)22(13)11-7-9-18-16(4)20(23)14(2)15(3)21(18)24;1-13-14(2)20(23)17(15(3)19(13)22)8-6-11-21-12-10-16-7-4-5-9-18(16)21;1-11-12(2)19(23)15(13(3)18(11)22)9-10-21-14(4)20-16-7-5-6-8-17(16)21;1-11-12(2)18(22)14(13(3)17(11)21)8-9-20-10-19-15-6-4-5-7-16(15)20;1-10-11(2)15(19)13(12(3)14(10)18)6-4-8-17-9-5-7-16-17/h5,7,10H,6,8-9,11H2,1-4H3;5-6,8,10,12H,7,9,11H2,1-4H3;4-5,7,9-10,12H,6,8,11H2,1-3H3;5-8H,9-10H2,1-4H3;4-7,10H,8-9H2,1-3H3;5,7,9H,4,6,8H2,1-3H3. The Labute approximate surface area is 790 Å². The minimum Gasteiger partial charge on any atom is -0.347 e. The van der Waals surface area contributed by atoms with Crippen molar-refractivity contribution in [3.05, 3.63) is 315 Å². The van der Waals surface area contributed by atoms with E-state index in [1.165, 1.54) is 44.3 Å². The van der Waals surface area contributed by atoms with E-state index in [4.69, 9.17) is 4.99 Å². The number of hydrogen-bond donors (Lipinski definition) is 0. The van der Waals surface area contributed by atoms with Gasteiger partial charge in [0, 0.05) is 214 Å². The van der Waals surface area contributed by atoms with E-state index in [9.17, 15) is 57.5 Å². The number of benzene rings is 5. The van der Waals surface area contributed by atoms with Gasteiger partial charge in [0.15, 0.2) is 69.4 Å². The lowest BCUT2D eigenvalue weighted by atomic mass is 9.83. The first-order chi connectivity index (χ1) is 64.2. The van der Waals surface area contributed by atoms with Crippen LogP contribution in [0.4, 0.5) is 5.69 Å². The number of aliphatic imine (C=N–C) groups is 1. The van der Waals surface area contributed by atoms with Crippen molar-refractivity contribution in [2.45, 2.75) is 255 Å². The summed E-state index contributed by atoms with van der Waals surface area (Å²) in [5.41, 5.74) is 27.2. The van der Waals surface area contributed by atoms with Crippen molar-refractivity contribution in [2.24, 2.45) is 4.99 Å². The molecule has 0 saturated heterocycles. The van der Waals surface area contributed by atoms with Crippen LogP contribution < -0.4 is 0 Å². The maximum atomic E-state index is 12.5. The average molecular weight is 1810 g/mol. The van der Waals surface area contributed by atoms with Gasteiger partial charge in [-0.3, -0.25) is 67.2 Å². The summed E-state index contributed by atoms with van der Waals surface area (Å²) in [4.78, 5) is 161. The summed E-state index contributed by atoms with van der Waals surface area (Å²) < 4.78 is 10.4. The highest BCUT2D eigenvalue weighted by Crippen LogP contribution is 2.37. The van der Waals surface area contributed by atoms with Crippen molar-refractivity contribution in [2.75, 3.05) is 0 Å². The summed E-state index contributed by atoms with van der Waals surface area (Å²) in [5.74, 6) is 1.10. The number of hydrogen-bond acceptors (Lipinski definition) is 16. The lowest BCUT2D eigenvalue weighted by Crippen LogP contribution is -2.21. The number of carbonyl (C=O) groups excluding carboxylic acids is 12. The van der Waals surface area contributed by atoms with Gasteiger partial charge in [0.1, 0.15) is 5.82 Å². The SMILES string of the molecule is CC1=C(C)C(=O)C(CCCC2=Nc3cccc(C)c3C2)=C(C)C1=O.CC1=C(C)C(=O)C(CCCn2c(C)cc3ccccc32)=C(C)C1=O.CC1=C(C)C(=O)C(CCCn2ccc3ccccc32)=C(C)C1=O.CC1=C(C)C(=O)C(CCCn2cccn2)=C(C)C1=O.CC1=C(C)C(=O)C(CCn2c(C)nc3ccccc32)=C(C)C1=O.CC1=C(C)C(=O)C(CCn2cnc3ccccc32)=C(C)C1=O. The first-order valence-electron chi connectivity index (χ1n) is 46.6. The van der Waals surface area contributed by atoms with Crippen LogP contribution in [0, 0.1) is 20.8 Å². The fraction of sp³-hybridized carbons (Fsp3) is 0.333. The molecule has 21 nitrogen and oxygen atoms in total. The molecule has 0 bridgehead atoms. The van der Waals surface area contributed by atoms with Gasteiger partial charge in [0.2, 0.25) is 0 Å². The Morgan fingerprint density at radius 3 is 1.15 bits per heavy atom. The molecular formula is C114H123N9O12. The summed E-state index contributed by atoms with van der Waals surface area (Å²) >= 11 is 0. The minimum atomic E-state index is -0.0115. The number of rotatable bonds is 22. The zero-order valence-electron chi connectivity index (χ0n) is 82.0. The number of aryl methyl sites for hydroxylation is 8. The van der Waals surface area contributed by atoms with Gasteiger partial charge in [0.05, 0.1) is 34.1 Å². The summed E-state index contributed by atoms with van der Waals surface area (Å²) in [6, 6.07) is 44.8. The molecule has 0 fully saturated rings. The molecule has 5 aromatic heterocycles. The Morgan fingerprint density at radius 2 is 0.681 bits per heavy atom. The third-order valence-electron chi connectivity index (χ3n) is 28.1. The van der Waals surface area contributed by atoms with Gasteiger partial charge in [-0.1, -0.05) is 72.8 Å². The molecule has 6 heterocycles. The van der Waals surface area contributed by atoms with Crippen molar-refractivity contribution >= 4 is 125 Å². The van der Waals surface area contributed by atoms with Gasteiger partial charge in [-0.05, 0) is 299 Å². The van der Waals surface area contributed by atoms with Crippen molar-refractivity contribution < 1.29 is 57.5 Å². The van der Waals surface area contributed by atoms with Gasteiger partial charge in [-0.25, -0.2) is 9.97 Å². The second-order valence-corrected chi connectivity index (χ2v) is 36.2. The number of imidazole rings is 2. The second-order valence-electron chi connectivity index (χ2n) is 36.2.